The molecule has 8 nitrogen and oxygen atoms in total. The summed E-state index contributed by atoms with van der Waals surface area (Å²) in [7, 11) is 0. The van der Waals surface area contributed by atoms with Gasteiger partial charge in [-0.1, -0.05) is 12.1 Å². The van der Waals surface area contributed by atoms with E-state index in [1.165, 1.54) is 12.3 Å². The van der Waals surface area contributed by atoms with Crippen LogP contribution in [0.1, 0.15) is 0 Å². The quantitative estimate of drug-likeness (QED) is 0.601. The SMILES string of the molecule is NCC(Cn1ncn(-c2ncc(-c3ccc(N4CCNCC4)cc3)cc2F)c1=O)=C(F)F. The molecule has 1 aliphatic heterocycles. The van der Waals surface area contributed by atoms with E-state index in [0.717, 1.165) is 53.0 Å². The number of pyridine rings is 1. The summed E-state index contributed by atoms with van der Waals surface area (Å²) in [5.41, 5.74) is 6.47. The Morgan fingerprint density at radius 2 is 1.84 bits per heavy atom. The van der Waals surface area contributed by atoms with Crippen LogP contribution in [0.2, 0.25) is 0 Å². The summed E-state index contributed by atoms with van der Waals surface area (Å²) in [5.74, 6) is -0.997. The second-order valence-corrected chi connectivity index (χ2v) is 7.32. The highest BCUT2D eigenvalue weighted by Crippen LogP contribution is 2.25. The Balaban J connectivity index is 1.56. The van der Waals surface area contributed by atoms with Gasteiger partial charge in [0, 0.05) is 55.7 Å². The van der Waals surface area contributed by atoms with Gasteiger partial charge in [0.1, 0.15) is 6.33 Å². The molecule has 0 unspecified atom stereocenters. The number of halogens is 3. The molecular weight excluding hydrogens is 423 g/mol. The highest BCUT2D eigenvalue weighted by molar-refractivity contribution is 5.66. The van der Waals surface area contributed by atoms with Crippen molar-refractivity contribution in [3.05, 3.63) is 70.8 Å². The number of piperazine rings is 1. The van der Waals surface area contributed by atoms with Gasteiger partial charge in [-0.15, -0.1) is 0 Å². The van der Waals surface area contributed by atoms with Crippen LogP contribution in [-0.4, -0.2) is 52.1 Å². The molecule has 0 bridgehead atoms. The van der Waals surface area contributed by atoms with Gasteiger partial charge in [-0.3, -0.25) is 0 Å². The van der Waals surface area contributed by atoms with E-state index in [2.05, 4.69) is 20.3 Å². The van der Waals surface area contributed by atoms with Crippen LogP contribution in [0.25, 0.3) is 16.9 Å². The minimum Gasteiger partial charge on any atom is -0.369 e. The van der Waals surface area contributed by atoms with Gasteiger partial charge < -0.3 is 16.0 Å². The molecule has 11 heteroatoms. The first kappa shape index (κ1) is 21.8. The second kappa shape index (κ2) is 9.37. The number of nitrogens with one attached hydrogen (secondary N) is 1. The average molecular weight is 445 g/mol. The molecule has 0 saturated carbocycles. The molecule has 0 spiro atoms. The molecule has 3 aromatic rings. The van der Waals surface area contributed by atoms with Gasteiger partial charge in [0.05, 0.1) is 6.54 Å². The maximum Gasteiger partial charge on any atom is 0.351 e. The van der Waals surface area contributed by atoms with Crippen molar-refractivity contribution in [1.82, 2.24) is 24.6 Å². The van der Waals surface area contributed by atoms with Crippen LogP contribution in [0.5, 0.6) is 0 Å². The van der Waals surface area contributed by atoms with Crippen LogP contribution in [0.3, 0.4) is 0 Å². The Hall–Kier alpha value is -3.44. The Morgan fingerprint density at radius 1 is 1.12 bits per heavy atom. The number of anilines is 1. The van der Waals surface area contributed by atoms with Crippen molar-refractivity contribution >= 4 is 5.69 Å². The monoisotopic (exact) mass is 445 g/mol. The molecular formula is C21H22F3N7O. The van der Waals surface area contributed by atoms with E-state index in [0.29, 0.717) is 5.56 Å². The van der Waals surface area contributed by atoms with Crippen LogP contribution in [-0.2, 0) is 6.54 Å². The van der Waals surface area contributed by atoms with Gasteiger partial charge in [0.15, 0.2) is 11.6 Å². The van der Waals surface area contributed by atoms with Crippen molar-refractivity contribution in [3.8, 4) is 16.9 Å². The molecule has 0 atom stereocenters. The fourth-order valence-electron chi connectivity index (χ4n) is 3.53. The molecule has 0 aliphatic carbocycles. The number of hydrogen-bond acceptors (Lipinski definition) is 6. The first-order valence-electron chi connectivity index (χ1n) is 10.1. The third-order valence-corrected chi connectivity index (χ3v) is 5.32. The van der Waals surface area contributed by atoms with E-state index < -0.39 is 36.3 Å². The van der Waals surface area contributed by atoms with Gasteiger partial charge in [-0.25, -0.2) is 23.4 Å². The maximum absolute atomic E-state index is 14.8. The van der Waals surface area contributed by atoms with E-state index in [1.54, 1.807) is 0 Å². The van der Waals surface area contributed by atoms with Crippen LogP contribution < -0.4 is 21.6 Å². The third kappa shape index (κ3) is 4.43. The van der Waals surface area contributed by atoms with E-state index in [4.69, 9.17) is 5.73 Å². The molecule has 2 aromatic heterocycles. The first-order chi connectivity index (χ1) is 15.5. The molecule has 0 radical (unpaired) electrons. The molecule has 1 fully saturated rings. The zero-order valence-corrected chi connectivity index (χ0v) is 17.1. The minimum atomic E-state index is -1.97. The highest BCUT2D eigenvalue weighted by atomic mass is 19.3. The van der Waals surface area contributed by atoms with Gasteiger partial charge in [0.2, 0.25) is 0 Å². The third-order valence-electron chi connectivity index (χ3n) is 5.32. The number of rotatable bonds is 6. The predicted octanol–water partition coefficient (Wildman–Crippen LogP) is 1.75. The highest BCUT2D eigenvalue weighted by Gasteiger charge is 2.16. The number of nitrogens with zero attached hydrogens (tertiary/aromatic N) is 5. The van der Waals surface area contributed by atoms with Crippen LogP contribution >= 0.6 is 0 Å². The van der Waals surface area contributed by atoms with E-state index in [1.807, 2.05) is 24.3 Å². The number of nitrogens with two attached hydrogens (primary N) is 1. The Kier molecular flexibility index (Phi) is 6.37. The number of benzene rings is 1. The van der Waals surface area contributed by atoms with E-state index >= 15 is 0 Å². The minimum absolute atomic E-state index is 0.263. The molecule has 3 N–H and O–H groups in total. The topological polar surface area (TPSA) is 94.0 Å². The van der Waals surface area contributed by atoms with Gasteiger partial charge in [-0.05, 0) is 23.8 Å². The first-order valence-corrected chi connectivity index (χ1v) is 10.1. The standard InChI is InChI=1S/C21H22F3N7O/c22-18-9-15(14-1-3-17(4-2-14)29-7-5-26-6-8-29)11-27-20(18)30-13-28-31(21(30)32)12-16(10-25)19(23)24/h1-4,9,11,13,26H,5-8,10,12,25H2. The Morgan fingerprint density at radius 3 is 2.47 bits per heavy atom. The largest absolute Gasteiger partial charge is 0.369 e. The van der Waals surface area contributed by atoms with Crippen LogP contribution in [0.4, 0.5) is 18.9 Å². The average Bonchev–Trinajstić information content (AvgIpc) is 3.17. The van der Waals surface area contributed by atoms with Crippen molar-refractivity contribution in [2.75, 3.05) is 37.6 Å². The smallest absolute Gasteiger partial charge is 0.351 e. The summed E-state index contributed by atoms with van der Waals surface area (Å²) in [6.07, 6.45) is 0.527. The maximum atomic E-state index is 14.8. The van der Waals surface area contributed by atoms with Crippen molar-refractivity contribution < 1.29 is 13.2 Å². The van der Waals surface area contributed by atoms with Gasteiger partial charge in [-0.2, -0.15) is 13.9 Å². The molecule has 168 valence electrons. The van der Waals surface area contributed by atoms with Crippen molar-refractivity contribution in [2.24, 2.45) is 5.73 Å². The fraction of sp³-hybridized carbons (Fsp3) is 0.286. The summed E-state index contributed by atoms with van der Waals surface area (Å²) >= 11 is 0. The second-order valence-electron chi connectivity index (χ2n) is 7.32. The van der Waals surface area contributed by atoms with Crippen molar-refractivity contribution in [2.45, 2.75) is 6.54 Å². The normalized spacial score (nSPS) is 13.9. The van der Waals surface area contributed by atoms with Crippen LogP contribution in [0.15, 0.2) is 59.3 Å². The molecule has 4 rings (SSSR count). The number of hydrogen-bond donors (Lipinski definition) is 2. The van der Waals surface area contributed by atoms with Gasteiger partial charge in [0.25, 0.3) is 6.08 Å². The number of aromatic nitrogens is 4. The molecule has 1 aliphatic rings. The summed E-state index contributed by atoms with van der Waals surface area (Å²) in [6, 6.07) is 9.02. The predicted molar refractivity (Wildman–Crippen MR) is 114 cm³/mol. The Bertz CT molecular complexity index is 1180. The lowest BCUT2D eigenvalue weighted by Gasteiger charge is -2.29. The molecule has 1 saturated heterocycles. The fourth-order valence-corrected chi connectivity index (χ4v) is 3.53. The van der Waals surface area contributed by atoms with E-state index in [-0.39, 0.29) is 5.82 Å². The molecule has 1 aromatic carbocycles. The summed E-state index contributed by atoms with van der Waals surface area (Å²) in [6.45, 7) is 2.81. The van der Waals surface area contributed by atoms with Crippen molar-refractivity contribution in [3.63, 3.8) is 0 Å². The van der Waals surface area contributed by atoms with Gasteiger partial charge >= 0.3 is 5.69 Å². The lowest BCUT2D eigenvalue weighted by Crippen LogP contribution is -2.43. The zero-order valence-electron chi connectivity index (χ0n) is 17.1. The van der Waals surface area contributed by atoms with E-state index in [9.17, 15) is 18.0 Å². The Labute approximate surface area is 181 Å². The summed E-state index contributed by atoms with van der Waals surface area (Å²) in [4.78, 5) is 18.8. The molecule has 0 amide bonds. The van der Waals surface area contributed by atoms with Crippen LogP contribution in [0, 0.1) is 5.82 Å². The van der Waals surface area contributed by atoms with Crippen molar-refractivity contribution in [1.29, 1.82) is 0 Å². The lowest BCUT2D eigenvalue weighted by atomic mass is 10.1. The molecule has 3 heterocycles. The lowest BCUT2D eigenvalue weighted by molar-refractivity contribution is 0.400. The molecule has 32 heavy (non-hydrogen) atoms. The summed E-state index contributed by atoms with van der Waals surface area (Å²) in [5, 5.41) is 7.07. The summed E-state index contributed by atoms with van der Waals surface area (Å²) < 4.78 is 42.1. The zero-order chi connectivity index (χ0) is 22.7.